The molecule has 1 unspecified atom stereocenters. The Morgan fingerprint density at radius 1 is 1.00 bits per heavy atom. The molecule has 2 aromatic carbocycles. The van der Waals surface area contributed by atoms with Crippen LogP contribution in [0.5, 0.6) is 0 Å². The number of aryl methyl sites for hydroxylation is 1. The molecule has 0 aliphatic rings. The van der Waals surface area contributed by atoms with Gasteiger partial charge in [0.05, 0.1) is 0 Å². The Bertz CT molecular complexity index is 745. The van der Waals surface area contributed by atoms with Crippen LogP contribution in [0.1, 0.15) is 25.8 Å². The van der Waals surface area contributed by atoms with E-state index in [1.807, 2.05) is 0 Å². The molecule has 1 aromatic heterocycles. The van der Waals surface area contributed by atoms with Crippen molar-refractivity contribution in [2.24, 2.45) is 5.73 Å². The van der Waals surface area contributed by atoms with Crippen molar-refractivity contribution < 1.29 is 0 Å². The van der Waals surface area contributed by atoms with E-state index < -0.39 is 0 Å². The van der Waals surface area contributed by atoms with Gasteiger partial charge in [0.15, 0.2) is 0 Å². The largest absolute Gasteiger partial charge is 0.341 e. The highest BCUT2D eigenvalue weighted by Gasteiger charge is 2.10. The van der Waals surface area contributed by atoms with Crippen LogP contribution in [0, 0.1) is 0 Å². The molecule has 0 saturated carbocycles. The number of nitrogens with zero attached hydrogens (tertiary/aromatic N) is 1. The lowest BCUT2D eigenvalue weighted by atomic mass is 10.0. The first kappa shape index (κ1) is 15.9. The van der Waals surface area contributed by atoms with E-state index in [1.54, 1.807) is 0 Å². The number of benzene rings is 2. The molecule has 0 fully saturated rings. The Balaban J connectivity index is 0.00000161. The summed E-state index contributed by atoms with van der Waals surface area (Å²) < 4.78 is 2.38. The Hall–Kier alpha value is -1.51. The van der Waals surface area contributed by atoms with Crippen molar-refractivity contribution in [3.8, 4) is 0 Å². The van der Waals surface area contributed by atoms with Crippen LogP contribution in [-0.4, -0.2) is 10.6 Å². The van der Waals surface area contributed by atoms with Crippen LogP contribution >= 0.6 is 12.4 Å². The Labute approximate surface area is 132 Å². The van der Waals surface area contributed by atoms with Crippen LogP contribution in [0.3, 0.4) is 0 Å². The first-order chi connectivity index (χ1) is 9.74. The number of para-hydroxylation sites is 1. The summed E-state index contributed by atoms with van der Waals surface area (Å²) in [5, 5.41) is 2.69. The lowest BCUT2D eigenvalue weighted by molar-refractivity contribution is 0.647. The second-order valence-corrected chi connectivity index (χ2v) is 5.49. The summed E-state index contributed by atoms with van der Waals surface area (Å²) in [6.45, 7) is 5.34. The third kappa shape index (κ3) is 2.78. The van der Waals surface area contributed by atoms with Gasteiger partial charge in [0.1, 0.15) is 0 Å². The van der Waals surface area contributed by atoms with Crippen LogP contribution in [0.25, 0.3) is 21.8 Å². The first-order valence-corrected chi connectivity index (χ1v) is 7.50. The smallest absolute Gasteiger partial charge is 0.0491 e. The zero-order valence-electron chi connectivity index (χ0n) is 12.7. The predicted molar refractivity (Wildman–Crippen MR) is 94.3 cm³/mol. The molecular formula is C18H23ClN2. The number of aromatic nitrogens is 1. The number of rotatable bonds is 4. The van der Waals surface area contributed by atoms with Crippen LogP contribution in [-0.2, 0) is 13.0 Å². The normalized spacial score (nSPS) is 12.5. The molecule has 3 aromatic rings. The topological polar surface area (TPSA) is 30.9 Å². The van der Waals surface area contributed by atoms with Gasteiger partial charge in [0.25, 0.3) is 0 Å². The molecule has 1 heterocycles. The third-order valence-electron chi connectivity index (χ3n) is 4.18. The fourth-order valence-corrected chi connectivity index (χ4v) is 3.02. The molecule has 3 heteroatoms. The van der Waals surface area contributed by atoms with Crippen molar-refractivity contribution in [3.63, 3.8) is 0 Å². The van der Waals surface area contributed by atoms with Gasteiger partial charge < -0.3 is 10.3 Å². The van der Waals surface area contributed by atoms with Crippen LogP contribution in [0.4, 0.5) is 0 Å². The summed E-state index contributed by atoms with van der Waals surface area (Å²) in [6, 6.07) is 15.7. The Morgan fingerprint density at radius 3 is 2.43 bits per heavy atom. The minimum Gasteiger partial charge on any atom is -0.341 e. The maximum atomic E-state index is 6.09. The van der Waals surface area contributed by atoms with E-state index in [0.717, 1.165) is 19.4 Å². The number of hydrogen-bond acceptors (Lipinski definition) is 1. The first-order valence-electron chi connectivity index (χ1n) is 7.50. The van der Waals surface area contributed by atoms with E-state index in [2.05, 4.69) is 60.9 Å². The second kappa shape index (κ2) is 6.50. The molecule has 0 bridgehead atoms. The average molecular weight is 303 g/mol. The van der Waals surface area contributed by atoms with Crippen molar-refractivity contribution in [2.75, 3.05) is 0 Å². The van der Waals surface area contributed by atoms with Crippen molar-refractivity contribution in [2.45, 2.75) is 39.3 Å². The lowest BCUT2D eigenvalue weighted by Gasteiger charge is -2.09. The van der Waals surface area contributed by atoms with Crippen LogP contribution in [0.15, 0.2) is 42.5 Å². The molecule has 0 amide bonds. The van der Waals surface area contributed by atoms with Gasteiger partial charge >= 0.3 is 0 Å². The summed E-state index contributed by atoms with van der Waals surface area (Å²) in [6.07, 6.45) is 1.98. The predicted octanol–water partition coefficient (Wildman–Crippen LogP) is 4.52. The van der Waals surface area contributed by atoms with E-state index >= 15 is 0 Å². The van der Waals surface area contributed by atoms with Gasteiger partial charge in [-0.05, 0) is 43.5 Å². The zero-order valence-corrected chi connectivity index (χ0v) is 13.5. The van der Waals surface area contributed by atoms with Gasteiger partial charge in [-0.2, -0.15) is 0 Å². The maximum Gasteiger partial charge on any atom is 0.0491 e. The molecule has 0 spiro atoms. The maximum absolute atomic E-state index is 6.09. The van der Waals surface area contributed by atoms with Gasteiger partial charge in [-0.1, -0.05) is 31.2 Å². The highest BCUT2D eigenvalue weighted by Crippen LogP contribution is 2.29. The van der Waals surface area contributed by atoms with E-state index in [1.165, 1.54) is 27.4 Å². The van der Waals surface area contributed by atoms with Crippen molar-refractivity contribution in [1.82, 2.24) is 4.57 Å². The standard InChI is InChI=1S/C18H22N2.ClH/c1-3-14(19)11-13-9-10-18-16(12-13)15-7-5-6-8-17(15)20(18)4-2;/h5-10,12,14H,3-4,11,19H2,1-2H3;1H. The molecule has 1 atom stereocenters. The van der Waals surface area contributed by atoms with Crippen molar-refractivity contribution >= 4 is 34.2 Å². The zero-order chi connectivity index (χ0) is 14.1. The number of nitrogens with two attached hydrogens (primary N) is 1. The van der Waals surface area contributed by atoms with E-state index in [-0.39, 0.29) is 18.4 Å². The molecule has 0 aliphatic heterocycles. The average Bonchev–Trinajstić information content (AvgIpc) is 2.80. The van der Waals surface area contributed by atoms with Gasteiger partial charge in [0, 0.05) is 34.4 Å². The molecule has 0 saturated heterocycles. The minimum atomic E-state index is 0. The number of halogens is 1. The van der Waals surface area contributed by atoms with E-state index in [4.69, 9.17) is 5.73 Å². The molecule has 0 radical (unpaired) electrons. The molecule has 0 aliphatic carbocycles. The summed E-state index contributed by atoms with van der Waals surface area (Å²) in [4.78, 5) is 0. The number of hydrogen-bond donors (Lipinski definition) is 1. The Kier molecular flexibility index (Phi) is 4.92. The fourth-order valence-electron chi connectivity index (χ4n) is 3.02. The highest BCUT2D eigenvalue weighted by molar-refractivity contribution is 6.08. The third-order valence-corrected chi connectivity index (χ3v) is 4.18. The summed E-state index contributed by atoms with van der Waals surface area (Å²) in [7, 11) is 0. The molecular weight excluding hydrogens is 280 g/mol. The summed E-state index contributed by atoms with van der Waals surface area (Å²) in [5.74, 6) is 0. The SMILES string of the molecule is CCC(N)Cc1ccc2c(c1)c1ccccc1n2CC.Cl. The van der Waals surface area contributed by atoms with Gasteiger partial charge in [-0.3, -0.25) is 0 Å². The van der Waals surface area contributed by atoms with Gasteiger partial charge in [-0.25, -0.2) is 0 Å². The second-order valence-electron chi connectivity index (χ2n) is 5.49. The molecule has 112 valence electrons. The van der Waals surface area contributed by atoms with Crippen LogP contribution in [0.2, 0.25) is 0 Å². The highest BCUT2D eigenvalue weighted by atomic mass is 35.5. The van der Waals surface area contributed by atoms with Gasteiger partial charge in [-0.15, -0.1) is 12.4 Å². The van der Waals surface area contributed by atoms with E-state index in [9.17, 15) is 0 Å². The minimum absolute atomic E-state index is 0. The number of fused-ring (bicyclic) bond motifs is 3. The monoisotopic (exact) mass is 302 g/mol. The quantitative estimate of drug-likeness (QED) is 0.755. The summed E-state index contributed by atoms with van der Waals surface area (Å²) in [5.41, 5.74) is 10.1. The Morgan fingerprint density at radius 2 is 1.71 bits per heavy atom. The molecule has 3 rings (SSSR count). The lowest BCUT2D eigenvalue weighted by Crippen LogP contribution is -2.21. The van der Waals surface area contributed by atoms with Gasteiger partial charge in [0.2, 0.25) is 0 Å². The molecule has 21 heavy (non-hydrogen) atoms. The van der Waals surface area contributed by atoms with Crippen LogP contribution < -0.4 is 5.73 Å². The summed E-state index contributed by atoms with van der Waals surface area (Å²) >= 11 is 0. The molecule has 2 N–H and O–H groups in total. The van der Waals surface area contributed by atoms with Crippen molar-refractivity contribution in [3.05, 3.63) is 48.0 Å². The fraction of sp³-hybridized carbons (Fsp3) is 0.333. The molecule has 2 nitrogen and oxygen atoms in total. The van der Waals surface area contributed by atoms with Crippen molar-refractivity contribution in [1.29, 1.82) is 0 Å². The van der Waals surface area contributed by atoms with E-state index in [0.29, 0.717) is 0 Å².